The highest BCUT2D eigenvalue weighted by molar-refractivity contribution is 5.81. The smallest absolute Gasteiger partial charge is 0.198 e. The van der Waals surface area contributed by atoms with Gasteiger partial charge in [-0.1, -0.05) is 0 Å². The van der Waals surface area contributed by atoms with E-state index in [1.54, 1.807) is 39.8 Å². The number of rotatable bonds is 9. The SMILES string of the molecule is CCOc1cc(C=O)c(C#N)c(F)c1OCC.CCOc1ccc(C#N)c(F)c1OCC. The number of nitrogens with zero attached hydrogens (tertiary/aromatic N) is 2. The zero-order valence-electron chi connectivity index (χ0n) is 18.3. The van der Waals surface area contributed by atoms with Crippen LogP contribution in [0.2, 0.25) is 0 Å². The Balaban J connectivity index is 0.000000323. The van der Waals surface area contributed by atoms with Crippen molar-refractivity contribution < 1.29 is 32.5 Å². The highest BCUT2D eigenvalue weighted by Crippen LogP contribution is 2.34. The number of hydrogen-bond acceptors (Lipinski definition) is 7. The first kappa shape index (κ1) is 26.2. The fourth-order valence-electron chi connectivity index (χ4n) is 2.55. The lowest BCUT2D eigenvalue weighted by Gasteiger charge is -2.13. The minimum absolute atomic E-state index is 0.0124. The van der Waals surface area contributed by atoms with E-state index in [0.29, 0.717) is 31.9 Å². The summed E-state index contributed by atoms with van der Waals surface area (Å²) < 4.78 is 48.1. The lowest BCUT2D eigenvalue weighted by atomic mass is 10.1. The van der Waals surface area contributed by atoms with E-state index in [1.165, 1.54) is 18.2 Å². The van der Waals surface area contributed by atoms with Gasteiger partial charge >= 0.3 is 0 Å². The number of ether oxygens (including phenoxy) is 4. The molecule has 0 unspecified atom stereocenters. The second kappa shape index (κ2) is 13.5. The van der Waals surface area contributed by atoms with Crippen molar-refractivity contribution in [1.82, 2.24) is 0 Å². The molecule has 0 saturated carbocycles. The Morgan fingerprint density at radius 1 is 0.812 bits per heavy atom. The molecule has 0 aliphatic heterocycles. The molecule has 0 saturated heterocycles. The third-order valence-corrected chi connectivity index (χ3v) is 3.82. The summed E-state index contributed by atoms with van der Waals surface area (Å²) in [6, 6.07) is 7.62. The van der Waals surface area contributed by atoms with Gasteiger partial charge in [0, 0.05) is 5.56 Å². The molecule has 0 aliphatic rings. The van der Waals surface area contributed by atoms with E-state index in [0.717, 1.165) is 0 Å². The Morgan fingerprint density at radius 3 is 1.81 bits per heavy atom. The van der Waals surface area contributed by atoms with Crippen LogP contribution in [0.25, 0.3) is 0 Å². The van der Waals surface area contributed by atoms with Gasteiger partial charge in [-0.05, 0) is 45.9 Å². The molecule has 0 radical (unpaired) electrons. The highest BCUT2D eigenvalue weighted by atomic mass is 19.1. The fraction of sp³-hybridized carbons (Fsp3) is 0.348. The van der Waals surface area contributed by atoms with Gasteiger partial charge in [0.1, 0.15) is 17.7 Å². The molecule has 7 nitrogen and oxygen atoms in total. The van der Waals surface area contributed by atoms with Crippen LogP contribution >= 0.6 is 0 Å². The van der Waals surface area contributed by atoms with E-state index in [-0.39, 0.29) is 40.5 Å². The first-order valence-electron chi connectivity index (χ1n) is 9.89. The van der Waals surface area contributed by atoms with Crippen LogP contribution in [0, 0.1) is 34.3 Å². The molecule has 2 rings (SSSR count). The van der Waals surface area contributed by atoms with Gasteiger partial charge in [0.05, 0.1) is 32.0 Å². The molecule has 0 atom stereocenters. The number of nitriles is 2. The van der Waals surface area contributed by atoms with E-state index < -0.39 is 11.6 Å². The highest BCUT2D eigenvalue weighted by Gasteiger charge is 2.20. The Hall–Kier alpha value is -3.85. The van der Waals surface area contributed by atoms with Crippen LogP contribution in [0.1, 0.15) is 49.2 Å². The third-order valence-electron chi connectivity index (χ3n) is 3.82. The minimum Gasteiger partial charge on any atom is -0.490 e. The summed E-state index contributed by atoms with van der Waals surface area (Å²) in [4.78, 5) is 10.7. The van der Waals surface area contributed by atoms with E-state index in [2.05, 4.69) is 0 Å². The second-order valence-corrected chi connectivity index (χ2v) is 5.81. The number of carbonyl (C=O) groups excluding carboxylic acids is 1. The van der Waals surface area contributed by atoms with Gasteiger partial charge in [-0.3, -0.25) is 4.79 Å². The average molecular weight is 446 g/mol. The monoisotopic (exact) mass is 446 g/mol. The van der Waals surface area contributed by atoms with E-state index in [1.807, 2.05) is 0 Å². The molecule has 170 valence electrons. The Labute approximate surface area is 185 Å². The van der Waals surface area contributed by atoms with Crippen LogP contribution in [0.3, 0.4) is 0 Å². The van der Waals surface area contributed by atoms with Crippen molar-refractivity contribution in [3.63, 3.8) is 0 Å². The standard InChI is InChI=1S/C12H12FNO3.C11H12FNO2/c1-3-16-10-5-8(7-15)9(6-14)11(13)12(10)17-4-2;1-3-14-9-6-5-8(7-13)10(12)11(9)15-4-2/h5,7H,3-4H2,1-2H3;5-6H,3-4H2,1-2H3. The summed E-state index contributed by atoms with van der Waals surface area (Å²) in [6.07, 6.45) is 0.417. The van der Waals surface area contributed by atoms with Crippen LogP contribution in [-0.4, -0.2) is 32.7 Å². The lowest BCUT2D eigenvalue weighted by molar-refractivity contribution is 0.112. The third kappa shape index (κ3) is 6.32. The molecule has 0 fully saturated rings. The van der Waals surface area contributed by atoms with Gasteiger partial charge < -0.3 is 18.9 Å². The number of benzene rings is 2. The Morgan fingerprint density at radius 2 is 1.34 bits per heavy atom. The second-order valence-electron chi connectivity index (χ2n) is 5.81. The molecule has 0 bridgehead atoms. The molecule has 0 aliphatic carbocycles. The number of carbonyl (C=O) groups is 1. The van der Waals surface area contributed by atoms with Crippen molar-refractivity contribution in [3.05, 3.63) is 46.5 Å². The van der Waals surface area contributed by atoms with Gasteiger partial charge in [0.15, 0.2) is 40.9 Å². The average Bonchev–Trinajstić information content (AvgIpc) is 2.79. The number of aldehydes is 1. The van der Waals surface area contributed by atoms with E-state index in [9.17, 15) is 13.6 Å². The number of halogens is 2. The number of hydrogen-bond donors (Lipinski definition) is 0. The molecular formula is C23H24F2N2O5. The van der Waals surface area contributed by atoms with Crippen LogP contribution < -0.4 is 18.9 Å². The van der Waals surface area contributed by atoms with Gasteiger partial charge in [0.25, 0.3) is 0 Å². The molecule has 32 heavy (non-hydrogen) atoms. The largest absolute Gasteiger partial charge is 0.490 e. The predicted molar refractivity (Wildman–Crippen MR) is 112 cm³/mol. The first-order chi connectivity index (χ1) is 15.4. The van der Waals surface area contributed by atoms with E-state index >= 15 is 0 Å². The summed E-state index contributed by atoms with van der Waals surface area (Å²) in [7, 11) is 0. The lowest BCUT2D eigenvalue weighted by Crippen LogP contribution is -2.04. The van der Waals surface area contributed by atoms with Gasteiger partial charge in [-0.2, -0.15) is 10.5 Å². The topological polar surface area (TPSA) is 102 Å². The zero-order valence-corrected chi connectivity index (χ0v) is 18.3. The Kier molecular flexibility index (Phi) is 11.0. The van der Waals surface area contributed by atoms with Gasteiger partial charge in [-0.15, -0.1) is 0 Å². The molecule has 9 heteroatoms. The van der Waals surface area contributed by atoms with Crippen molar-refractivity contribution in [1.29, 1.82) is 10.5 Å². The van der Waals surface area contributed by atoms with Crippen LogP contribution in [0.15, 0.2) is 18.2 Å². The van der Waals surface area contributed by atoms with Crippen LogP contribution in [-0.2, 0) is 0 Å². The van der Waals surface area contributed by atoms with Crippen molar-refractivity contribution in [2.24, 2.45) is 0 Å². The molecule has 0 heterocycles. The van der Waals surface area contributed by atoms with Crippen molar-refractivity contribution in [3.8, 4) is 35.1 Å². The summed E-state index contributed by atoms with van der Waals surface area (Å²) in [5.41, 5.74) is -0.411. The van der Waals surface area contributed by atoms with Crippen LogP contribution in [0.4, 0.5) is 8.78 Å². The van der Waals surface area contributed by atoms with Crippen molar-refractivity contribution >= 4 is 6.29 Å². The first-order valence-corrected chi connectivity index (χ1v) is 9.89. The van der Waals surface area contributed by atoms with Gasteiger partial charge in [0.2, 0.25) is 0 Å². The molecular weight excluding hydrogens is 422 g/mol. The fourth-order valence-corrected chi connectivity index (χ4v) is 2.55. The molecule has 2 aromatic carbocycles. The maximum absolute atomic E-state index is 13.9. The maximum Gasteiger partial charge on any atom is 0.198 e. The zero-order chi connectivity index (χ0) is 24.1. The Bertz CT molecular complexity index is 1010. The summed E-state index contributed by atoms with van der Waals surface area (Å²) in [6.45, 7) is 8.25. The summed E-state index contributed by atoms with van der Waals surface area (Å²) in [5, 5.41) is 17.4. The quantitative estimate of drug-likeness (QED) is 0.510. The molecule has 0 amide bonds. The van der Waals surface area contributed by atoms with Crippen molar-refractivity contribution in [2.45, 2.75) is 27.7 Å². The maximum atomic E-state index is 13.9. The molecule has 0 spiro atoms. The van der Waals surface area contributed by atoms with Gasteiger partial charge in [-0.25, -0.2) is 8.78 Å². The molecule has 0 N–H and O–H groups in total. The summed E-state index contributed by atoms with van der Waals surface area (Å²) >= 11 is 0. The van der Waals surface area contributed by atoms with E-state index in [4.69, 9.17) is 29.5 Å². The minimum atomic E-state index is -0.859. The molecule has 0 aromatic heterocycles. The van der Waals surface area contributed by atoms with Crippen LogP contribution in [0.5, 0.6) is 23.0 Å². The normalized spacial score (nSPS) is 9.50. The predicted octanol–water partition coefficient (Wildman–Crippen LogP) is 4.80. The summed E-state index contributed by atoms with van der Waals surface area (Å²) in [5.74, 6) is -1.17. The van der Waals surface area contributed by atoms with Crippen molar-refractivity contribution in [2.75, 3.05) is 26.4 Å². The molecule has 2 aromatic rings.